The van der Waals surface area contributed by atoms with Gasteiger partial charge in [-0.15, -0.1) is 0 Å². The maximum atomic E-state index is 13.3. The average molecular weight is 342 g/mol. The van der Waals surface area contributed by atoms with Crippen molar-refractivity contribution in [1.82, 2.24) is 5.06 Å². The first-order valence-corrected chi connectivity index (χ1v) is 7.15. The SMILES string of the molecule is CC(=O)Nc1cc(F)ccc1C(=O)ON1C(=O)c2ccccc2C1=O. The predicted molar refractivity (Wildman–Crippen MR) is 83.1 cm³/mol. The summed E-state index contributed by atoms with van der Waals surface area (Å²) in [5.74, 6) is -3.85. The van der Waals surface area contributed by atoms with E-state index in [0.717, 1.165) is 18.2 Å². The van der Waals surface area contributed by atoms with E-state index in [4.69, 9.17) is 4.84 Å². The first-order valence-electron chi connectivity index (χ1n) is 7.15. The van der Waals surface area contributed by atoms with Crippen LogP contribution in [0, 0.1) is 5.82 Å². The van der Waals surface area contributed by atoms with Gasteiger partial charge in [-0.3, -0.25) is 14.4 Å². The number of nitrogens with one attached hydrogen (secondary N) is 1. The summed E-state index contributed by atoms with van der Waals surface area (Å²) in [5, 5.41) is 2.63. The number of carbonyl (C=O) groups excluding carboxylic acids is 4. The van der Waals surface area contributed by atoms with Gasteiger partial charge in [-0.25, -0.2) is 9.18 Å². The fourth-order valence-corrected chi connectivity index (χ4v) is 2.37. The quantitative estimate of drug-likeness (QED) is 0.863. The highest BCUT2D eigenvalue weighted by Gasteiger charge is 2.39. The zero-order valence-corrected chi connectivity index (χ0v) is 12.9. The molecule has 0 radical (unpaired) electrons. The molecule has 126 valence electrons. The van der Waals surface area contributed by atoms with Crippen LogP contribution in [-0.4, -0.2) is 28.8 Å². The van der Waals surface area contributed by atoms with Gasteiger partial charge < -0.3 is 10.2 Å². The van der Waals surface area contributed by atoms with Crippen LogP contribution >= 0.6 is 0 Å². The van der Waals surface area contributed by atoms with Crippen molar-refractivity contribution < 1.29 is 28.4 Å². The minimum Gasteiger partial charge on any atom is -0.325 e. The van der Waals surface area contributed by atoms with Gasteiger partial charge in [0.25, 0.3) is 11.8 Å². The molecule has 0 bridgehead atoms. The van der Waals surface area contributed by atoms with Crippen molar-refractivity contribution in [2.24, 2.45) is 0 Å². The highest BCUT2D eigenvalue weighted by Crippen LogP contribution is 2.25. The van der Waals surface area contributed by atoms with Crippen molar-refractivity contribution in [3.8, 4) is 0 Å². The summed E-state index contributed by atoms with van der Waals surface area (Å²) >= 11 is 0. The van der Waals surface area contributed by atoms with Crippen molar-refractivity contribution in [2.45, 2.75) is 6.92 Å². The number of amides is 3. The molecule has 1 heterocycles. The molecule has 0 spiro atoms. The van der Waals surface area contributed by atoms with E-state index < -0.39 is 29.5 Å². The summed E-state index contributed by atoms with van der Waals surface area (Å²) in [6.45, 7) is 1.18. The molecule has 0 aromatic heterocycles. The number of fused-ring (bicyclic) bond motifs is 1. The van der Waals surface area contributed by atoms with E-state index in [9.17, 15) is 23.6 Å². The largest absolute Gasteiger partial charge is 0.366 e. The Balaban J connectivity index is 1.88. The number of anilines is 1. The first-order chi connectivity index (χ1) is 11.9. The van der Waals surface area contributed by atoms with Gasteiger partial charge in [0.1, 0.15) is 5.82 Å². The van der Waals surface area contributed by atoms with E-state index in [0.29, 0.717) is 5.06 Å². The van der Waals surface area contributed by atoms with Crippen LogP contribution in [0.4, 0.5) is 10.1 Å². The Kier molecular flexibility index (Phi) is 4.02. The molecule has 0 saturated carbocycles. The standard InChI is InChI=1S/C17H11FN2O5/c1-9(21)19-14-8-10(18)6-7-13(14)17(24)25-20-15(22)11-4-2-3-5-12(11)16(20)23/h2-8H,1H3,(H,19,21). The number of hydrogen-bond donors (Lipinski definition) is 1. The number of hydrogen-bond acceptors (Lipinski definition) is 5. The lowest BCUT2D eigenvalue weighted by atomic mass is 10.1. The minimum absolute atomic E-state index is 0.112. The summed E-state index contributed by atoms with van der Waals surface area (Å²) in [7, 11) is 0. The van der Waals surface area contributed by atoms with Gasteiger partial charge in [-0.2, -0.15) is 0 Å². The molecule has 1 N–H and O–H groups in total. The lowest BCUT2D eigenvalue weighted by molar-refractivity contribution is -0.114. The first kappa shape index (κ1) is 16.3. The van der Waals surface area contributed by atoms with E-state index in [1.165, 1.54) is 19.1 Å². The van der Waals surface area contributed by atoms with Gasteiger partial charge in [0, 0.05) is 6.92 Å². The van der Waals surface area contributed by atoms with Gasteiger partial charge in [-0.05, 0) is 30.3 Å². The van der Waals surface area contributed by atoms with E-state index in [-0.39, 0.29) is 22.4 Å². The van der Waals surface area contributed by atoms with Crippen LogP contribution < -0.4 is 5.32 Å². The molecule has 0 unspecified atom stereocenters. The van der Waals surface area contributed by atoms with Crippen LogP contribution in [0.1, 0.15) is 38.0 Å². The number of hydroxylamine groups is 2. The molecule has 0 atom stereocenters. The Hall–Kier alpha value is -3.55. The molecule has 0 aliphatic carbocycles. The zero-order chi connectivity index (χ0) is 18.1. The number of carbonyl (C=O) groups is 4. The molecule has 25 heavy (non-hydrogen) atoms. The Morgan fingerprint density at radius 1 is 1.04 bits per heavy atom. The van der Waals surface area contributed by atoms with Crippen molar-refractivity contribution in [2.75, 3.05) is 5.32 Å². The fourth-order valence-electron chi connectivity index (χ4n) is 2.37. The third-order valence-corrected chi connectivity index (χ3v) is 3.44. The van der Waals surface area contributed by atoms with Crippen molar-refractivity contribution in [1.29, 1.82) is 0 Å². The van der Waals surface area contributed by atoms with Crippen molar-refractivity contribution in [3.63, 3.8) is 0 Å². The van der Waals surface area contributed by atoms with E-state index in [1.54, 1.807) is 12.1 Å². The Labute approximate surface area is 140 Å². The number of benzene rings is 2. The summed E-state index contributed by atoms with van der Waals surface area (Å²) in [6.07, 6.45) is 0. The molecule has 2 aromatic rings. The van der Waals surface area contributed by atoms with Crippen LogP contribution in [0.15, 0.2) is 42.5 Å². The lowest BCUT2D eigenvalue weighted by Crippen LogP contribution is -2.33. The van der Waals surface area contributed by atoms with Crippen LogP contribution in [-0.2, 0) is 9.63 Å². The van der Waals surface area contributed by atoms with Gasteiger partial charge in [0.15, 0.2) is 0 Å². The molecular weight excluding hydrogens is 331 g/mol. The number of nitrogens with zero attached hydrogens (tertiary/aromatic N) is 1. The van der Waals surface area contributed by atoms with Crippen LogP contribution in [0.3, 0.4) is 0 Å². The third-order valence-electron chi connectivity index (χ3n) is 3.44. The second-order valence-corrected chi connectivity index (χ2v) is 5.20. The Bertz CT molecular complexity index is 890. The third kappa shape index (κ3) is 2.97. The molecule has 0 fully saturated rings. The summed E-state index contributed by atoms with van der Waals surface area (Å²) in [4.78, 5) is 52.8. The Morgan fingerprint density at radius 3 is 2.20 bits per heavy atom. The molecule has 0 saturated heterocycles. The molecule has 7 nitrogen and oxygen atoms in total. The Morgan fingerprint density at radius 2 is 1.64 bits per heavy atom. The minimum atomic E-state index is -1.08. The molecule has 3 rings (SSSR count). The number of rotatable bonds is 3. The lowest BCUT2D eigenvalue weighted by Gasteiger charge is -2.14. The van der Waals surface area contributed by atoms with Crippen LogP contribution in [0.25, 0.3) is 0 Å². The monoisotopic (exact) mass is 342 g/mol. The van der Waals surface area contributed by atoms with Gasteiger partial charge in [-0.1, -0.05) is 17.2 Å². The van der Waals surface area contributed by atoms with E-state index in [2.05, 4.69) is 5.32 Å². The topological polar surface area (TPSA) is 92.8 Å². The van der Waals surface area contributed by atoms with Gasteiger partial charge in [0.2, 0.25) is 5.91 Å². The van der Waals surface area contributed by atoms with Gasteiger partial charge >= 0.3 is 5.97 Å². The average Bonchev–Trinajstić information content (AvgIpc) is 2.80. The van der Waals surface area contributed by atoms with Crippen molar-refractivity contribution >= 4 is 29.4 Å². The van der Waals surface area contributed by atoms with E-state index >= 15 is 0 Å². The maximum Gasteiger partial charge on any atom is 0.366 e. The highest BCUT2D eigenvalue weighted by molar-refractivity contribution is 6.21. The molecule has 8 heteroatoms. The van der Waals surface area contributed by atoms with Crippen LogP contribution in [0.5, 0.6) is 0 Å². The fraction of sp³-hybridized carbons (Fsp3) is 0.0588. The zero-order valence-electron chi connectivity index (χ0n) is 12.9. The second-order valence-electron chi connectivity index (χ2n) is 5.20. The van der Waals surface area contributed by atoms with Crippen LogP contribution in [0.2, 0.25) is 0 Å². The van der Waals surface area contributed by atoms with E-state index in [1.807, 2.05) is 0 Å². The maximum absolute atomic E-state index is 13.3. The number of halogens is 1. The van der Waals surface area contributed by atoms with Crippen molar-refractivity contribution in [3.05, 3.63) is 65.0 Å². The summed E-state index contributed by atoms with van der Waals surface area (Å²) in [6, 6.07) is 9.02. The molecular formula is C17H11FN2O5. The number of imide groups is 1. The normalized spacial score (nSPS) is 12.8. The molecule has 1 aliphatic heterocycles. The summed E-state index contributed by atoms with van der Waals surface area (Å²) < 4.78 is 13.3. The smallest absolute Gasteiger partial charge is 0.325 e. The molecule has 3 amide bonds. The predicted octanol–water partition coefficient (Wildman–Crippen LogP) is 2.15. The summed E-state index contributed by atoms with van der Waals surface area (Å²) in [5.41, 5.74) is -0.106. The molecule has 1 aliphatic rings. The second kappa shape index (κ2) is 6.16. The highest BCUT2D eigenvalue weighted by atomic mass is 19.1. The van der Waals surface area contributed by atoms with Gasteiger partial charge in [0.05, 0.1) is 22.4 Å². The molecule has 2 aromatic carbocycles.